The highest BCUT2D eigenvalue weighted by molar-refractivity contribution is 14.1. The lowest BCUT2D eigenvalue weighted by molar-refractivity contribution is 0.808. The Balaban J connectivity index is 2.63. The minimum absolute atomic E-state index is 0.321. The van der Waals surface area contributed by atoms with Crippen LogP contribution in [0.3, 0.4) is 0 Å². The summed E-state index contributed by atoms with van der Waals surface area (Å²) < 4.78 is 1.99. The molecule has 0 aliphatic heterocycles. The smallest absolute Gasteiger partial charge is 0.161 e. The van der Waals surface area contributed by atoms with E-state index in [2.05, 4.69) is 68.4 Å². The number of hydrogen-bond acceptors (Lipinski definition) is 2. The normalized spacial score (nSPS) is 11.1. The largest absolute Gasteiger partial charge is 0.232 e. The molecule has 1 aromatic carbocycles. The number of benzene rings is 1. The molecule has 0 aliphatic rings. The fourth-order valence-corrected chi connectivity index (χ4v) is 3.33. The molecule has 0 N–H and O–H groups in total. The second-order valence-corrected chi connectivity index (χ2v) is 7.00. The lowest BCUT2D eigenvalue weighted by Gasteiger charge is -2.12. The van der Waals surface area contributed by atoms with E-state index in [0.29, 0.717) is 16.9 Å². The molecule has 0 spiro atoms. The van der Waals surface area contributed by atoms with Gasteiger partial charge in [-0.2, -0.15) is 0 Å². The van der Waals surface area contributed by atoms with Crippen LogP contribution < -0.4 is 0 Å². The lowest BCUT2D eigenvalue weighted by Crippen LogP contribution is -2.03. The van der Waals surface area contributed by atoms with Crippen molar-refractivity contribution in [1.29, 1.82) is 0 Å². The van der Waals surface area contributed by atoms with Gasteiger partial charge >= 0.3 is 0 Å². The first-order valence-corrected chi connectivity index (χ1v) is 8.14. The van der Waals surface area contributed by atoms with E-state index in [1.165, 1.54) is 0 Å². The summed E-state index contributed by atoms with van der Waals surface area (Å²) in [6.45, 7) is 6.27. The number of aryl methyl sites for hydroxylation is 1. The van der Waals surface area contributed by atoms with Gasteiger partial charge in [0.1, 0.15) is 5.15 Å². The predicted octanol–water partition coefficient (Wildman–Crippen LogP) is 5.60. The Morgan fingerprint density at radius 3 is 2.53 bits per heavy atom. The number of aromatic nitrogens is 2. The molecule has 0 atom stereocenters. The Morgan fingerprint density at radius 2 is 1.95 bits per heavy atom. The molecule has 5 heteroatoms. The minimum Gasteiger partial charge on any atom is -0.232 e. The van der Waals surface area contributed by atoms with Crippen molar-refractivity contribution in [2.45, 2.75) is 26.7 Å². The monoisotopic (exact) mass is 450 g/mol. The molecule has 2 aromatic rings. The first-order valence-electron chi connectivity index (χ1n) is 5.89. The molecular formula is C14H13BrClIN2. The molecule has 2 nitrogen and oxygen atoms in total. The van der Waals surface area contributed by atoms with Crippen LogP contribution in [-0.2, 0) is 0 Å². The van der Waals surface area contributed by atoms with E-state index >= 15 is 0 Å². The van der Waals surface area contributed by atoms with Gasteiger partial charge in [-0.3, -0.25) is 0 Å². The molecular weight excluding hydrogens is 438 g/mol. The van der Waals surface area contributed by atoms with Crippen LogP contribution in [0.4, 0.5) is 0 Å². The maximum absolute atomic E-state index is 6.23. The topological polar surface area (TPSA) is 25.8 Å². The van der Waals surface area contributed by atoms with Gasteiger partial charge in [0.15, 0.2) is 5.82 Å². The maximum Gasteiger partial charge on any atom is 0.161 e. The van der Waals surface area contributed by atoms with E-state index in [9.17, 15) is 0 Å². The average Bonchev–Trinajstić information content (AvgIpc) is 2.32. The molecule has 0 unspecified atom stereocenters. The van der Waals surface area contributed by atoms with Crippen molar-refractivity contribution in [3.05, 3.63) is 42.7 Å². The van der Waals surface area contributed by atoms with Crippen LogP contribution >= 0.6 is 50.1 Å². The van der Waals surface area contributed by atoms with E-state index in [4.69, 9.17) is 11.6 Å². The fourth-order valence-electron chi connectivity index (χ4n) is 1.82. The third-order valence-corrected chi connectivity index (χ3v) is 4.96. The van der Waals surface area contributed by atoms with Gasteiger partial charge in [-0.15, -0.1) is 0 Å². The molecule has 0 bridgehead atoms. The van der Waals surface area contributed by atoms with Gasteiger partial charge in [0.05, 0.1) is 9.26 Å². The molecule has 0 saturated carbocycles. The maximum atomic E-state index is 6.23. The van der Waals surface area contributed by atoms with Crippen molar-refractivity contribution in [2.24, 2.45) is 0 Å². The van der Waals surface area contributed by atoms with E-state index < -0.39 is 0 Å². The second-order valence-electron chi connectivity index (χ2n) is 4.65. The Labute approximate surface area is 140 Å². The van der Waals surface area contributed by atoms with Crippen molar-refractivity contribution in [3.63, 3.8) is 0 Å². The van der Waals surface area contributed by atoms with Gasteiger partial charge in [-0.25, -0.2) is 9.97 Å². The van der Waals surface area contributed by atoms with Crippen LogP contribution in [0.5, 0.6) is 0 Å². The highest BCUT2D eigenvalue weighted by Crippen LogP contribution is 2.30. The zero-order valence-electron chi connectivity index (χ0n) is 10.8. The zero-order chi connectivity index (χ0) is 14.2. The lowest BCUT2D eigenvalue weighted by atomic mass is 10.1. The number of nitrogens with zero attached hydrogens (tertiary/aromatic N) is 2. The Hall–Kier alpha value is -0.200. The minimum atomic E-state index is 0.321. The van der Waals surface area contributed by atoms with Gasteiger partial charge in [0.25, 0.3) is 0 Å². The molecule has 2 rings (SSSR count). The van der Waals surface area contributed by atoms with E-state index in [1.54, 1.807) is 0 Å². The Bertz CT molecular complexity index is 629. The Morgan fingerprint density at radius 1 is 1.26 bits per heavy atom. The first-order chi connectivity index (χ1) is 8.90. The molecule has 0 fully saturated rings. The van der Waals surface area contributed by atoms with E-state index in [0.717, 1.165) is 24.9 Å². The quantitative estimate of drug-likeness (QED) is 0.439. The number of rotatable bonds is 2. The van der Waals surface area contributed by atoms with Crippen molar-refractivity contribution >= 4 is 50.1 Å². The second kappa shape index (κ2) is 6.06. The molecule has 0 aliphatic carbocycles. The molecule has 0 radical (unpaired) electrons. The zero-order valence-corrected chi connectivity index (χ0v) is 15.3. The van der Waals surface area contributed by atoms with Gasteiger partial charge in [0, 0.05) is 10.0 Å². The van der Waals surface area contributed by atoms with Crippen molar-refractivity contribution in [2.75, 3.05) is 0 Å². The summed E-state index contributed by atoms with van der Waals surface area (Å²) in [4.78, 5) is 9.08. The Kier molecular flexibility index (Phi) is 4.84. The van der Waals surface area contributed by atoms with Gasteiger partial charge in [-0.1, -0.05) is 41.4 Å². The molecule has 1 heterocycles. The van der Waals surface area contributed by atoms with Gasteiger partial charge < -0.3 is 0 Å². The first kappa shape index (κ1) is 15.2. The SMILES string of the molecule is Cc1cc(Br)ccc1-c1nc(Cl)c(I)c(C(C)C)n1. The predicted molar refractivity (Wildman–Crippen MR) is 91.7 cm³/mol. The van der Waals surface area contributed by atoms with Crippen LogP contribution in [0, 0.1) is 10.5 Å². The van der Waals surface area contributed by atoms with Gasteiger partial charge in [-0.05, 0) is 59.2 Å². The number of hydrogen-bond donors (Lipinski definition) is 0. The molecule has 0 amide bonds. The van der Waals surface area contributed by atoms with Crippen molar-refractivity contribution in [3.8, 4) is 11.4 Å². The summed E-state index contributed by atoms with van der Waals surface area (Å²) in [7, 11) is 0. The van der Waals surface area contributed by atoms with Crippen LogP contribution in [0.25, 0.3) is 11.4 Å². The summed E-state index contributed by atoms with van der Waals surface area (Å²) in [5.41, 5.74) is 3.14. The van der Waals surface area contributed by atoms with Crippen LogP contribution in [0.1, 0.15) is 31.0 Å². The summed E-state index contributed by atoms with van der Waals surface area (Å²) in [5.74, 6) is 1.01. The summed E-state index contributed by atoms with van der Waals surface area (Å²) in [6.07, 6.45) is 0. The van der Waals surface area contributed by atoms with Crippen LogP contribution in [-0.4, -0.2) is 9.97 Å². The number of halogens is 3. The third-order valence-electron chi connectivity index (χ3n) is 2.81. The summed E-state index contributed by atoms with van der Waals surface area (Å²) in [6, 6.07) is 6.06. The average molecular weight is 452 g/mol. The standard InChI is InChI=1S/C14H13BrClIN2/c1-7(2)12-11(17)13(16)19-14(18-12)10-5-4-9(15)6-8(10)3/h4-7H,1-3H3. The van der Waals surface area contributed by atoms with Gasteiger partial charge in [0.2, 0.25) is 0 Å². The molecule has 0 saturated heterocycles. The van der Waals surface area contributed by atoms with E-state index in [-0.39, 0.29) is 0 Å². The highest BCUT2D eigenvalue weighted by Gasteiger charge is 2.15. The third kappa shape index (κ3) is 3.28. The van der Waals surface area contributed by atoms with Crippen molar-refractivity contribution < 1.29 is 0 Å². The molecule has 1 aromatic heterocycles. The van der Waals surface area contributed by atoms with Crippen LogP contribution in [0.15, 0.2) is 22.7 Å². The summed E-state index contributed by atoms with van der Waals surface area (Å²) in [5, 5.41) is 0.525. The van der Waals surface area contributed by atoms with Crippen molar-refractivity contribution in [1.82, 2.24) is 9.97 Å². The van der Waals surface area contributed by atoms with Crippen LogP contribution in [0.2, 0.25) is 5.15 Å². The highest BCUT2D eigenvalue weighted by atomic mass is 127. The van der Waals surface area contributed by atoms with E-state index in [1.807, 2.05) is 19.1 Å². The fraction of sp³-hybridized carbons (Fsp3) is 0.286. The summed E-state index contributed by atoms with van der Waals surface area (Å²) >= 11 is 11.9. The molecule has 100 valence electrons. The molecule has 19 heavy (non-hydrogen) atoms.